The Kier molecular flexibility index (Phi) is 3.77. The predicted molar refractivity (Wildman–Crippen MR) is 77.6 cm³/mol. The van der Waals surface area contributed by atoms with Gasteiger partial charge in [-0.05, 0) is 24.3 Å². The first kappa shape index (κ1) is 14.7. The highest BCUT2D eigenvalue weighted by atomic mass is 19.1. The number of benzene rings is 1. The number of hydrogen-bond acceptors (Lipinski definition) is 3. The van der Waals surface area contributed by atoms with Gasteiger partial charge in [0.25, 0.3) is 0 Å². The number of aromatic nitrogens is 1. The molecular weight excluding hydrogens is 302 g/mol. The van der Waals surface area contributed by atoms with E-state index in [0.717, 1.165) is 18.2 Å². The third-order valence-corrected chi connectivity index (χ3v) is 3.40. The van der Waals surface area contributed by atoms with E-state index < -0.39 is 23.2 Å². The van der Waals surface area contributed by atoms with Gasteiger partial charge < -0.3 is 9.14 Å². The van der Waals surface area contributed by atoms with E-state index in [2.05, 4.69) is 0 Å². The summed E-state index contributed by atoms with van der Waals surface area (Å²) < 4.78 is 33.8. The fraction of sp³-hybridized carbons (Fsp3) is 0.0588. The van der Waals surface area contributed by atoms with Crippen molar-refractivity contribution in [2.24, 2.45) is 0 Å². The Balaban J connectivity index is 1.87. The number of fused-ring (bicyclic) bond motifs is 1. The van der Waals surface area contributed by atoms with Gasteiger partial charge in [-0.1, -0.05) is 12.1 Å². The molecule has 0 N–H and O–H groups in total. The number of nitriles is 1. The van der Waals surface area contributed by atoms with E-state index in [4.69, 9.17) is 4.74 Å². The summed E-state index contributed by atoms with van der Waals surface area (Å²) in [7, 11) is 0. The molecule has 0 aliphatic carbocycles. The number of rotatable bonds is 3. The third-order valence-electron chi connectivity index (χ3n) is 3.40. The summed E-state index contributed by atoms with van der Waals surface area (Å²) in [5.41, 5.74) is 0.740. The number of pyridine rings is 1. The molecule has 0 fully saturated rings. The van der Waals surface area contributed by atoms with Crippen LogP contribution in [0.3, 0.4) is 0 Å². The van der Waals surface area contributed by atoms with Crippen molar-refractivity contribution in [1.82, 2.24) is 4.40 Å². The number of carbonyl (C=O) groups is 1. The molecule has 0 bridgehead atoms. The molecule has 2 heterocycles. The summed E-state index contributed by atoms with van der Waals surface area (Å²) in [5.74, 6) is -3.09. The van der Waals surface area contributed by atoms with E-state index in [1.165, 1.54) is 0 Å². The van der Waals surface area contributed by atoms with E-state index in [1.807, 2.05) is 6.07 Å². The molecule has 3 rings (SSSR count). The zero-order valence-electron chi connectivity index (χ0n) is 11.8. The molecule has 114 valence electrons. The molecule has 0 aliphatic rings. The van der Waals surface area contributed by atoms with Crippen molar-refractivity contribution >= 4 is 11.5 Å². The minimum absolute atomic E-state index is 0.253. The Labute approximate surface area is 130 Å². The third kappa shape index (κ3) is 2.64. The van der Waals surface area contributed by atoms with Crippen LogP contribution in [0.5, 0.6) is 0 Å². The van der Waals surface area contributed by atoms with Crippen LogP contribution < -0.4 is 0 Å². The van der Waals surface area contributed by atoms with E-state index >= 15 is 0 Å². The molecule has 0 amide bonds. The quantitative estimate of drug-likeness (QED) is 0.696. The van der Waals surface area contributed by atoms with E-state index in [1.54, 1.807) is 35.0 Å². The second kappa shape index (κ2) is 5.89. The summed E-state index contributed by atoms with van der Waals surface area (Å²) in [6.07, 6.45) is 3.39. The number of carbonyl (C=O) groups excluding carboxylic acids is 1. The van der Waals surface area contributed by atoms with Gasteiger partial charge in [0.05, 0.1) is 11.1 Å². The van der Waals surface area contributed by atoms with Gasteiger partial charge in [-0.15, -0.1) is 0 Å². The Morgan fingerprint density at radius 3 is 2.61 bits per heavy atom. The van der Waals surface area contributed by atoms with Gasteiger partial charge >= 0.3 is 5.97 Å². The van der Waals surface area contributed by atoms with E-state index in [9.17, 15) is 18.8 Å². The fourth-order valence-electron chi connectivity index (χ4n) is 2.32. The lowest BCUT2D eigenvalue weighted by Gasteiger charge is -2.05. The monoisotopic (exact) mass is 312 g/mol. The highest BCUT2D eigenvalue weighted by Gasteiger charge is 2.19. The van der Waals surface area contributed by atoms with Crippen LogP contribution in [0.1, 0.15) is 21.5 Å². The number of nitrogens with zero attached hydrogens (tertiary/aromatic N) is 2. The highest BCUT2D eigenvalue weighted by Crippen LogP contribution is 2.20. The number of esters is 1. The van der Waals surface area contributed by atoms with E-state index in [0.29, 0.717) is 16.6 Å². The normalized spacial score (nSPS) is 10.5. The zero-order valence-corrected chi connectivity index (χ0v) is 11.8. The number of halogens is 2. The smallest absolute Gasteiger partial charge is 0.344 e. The molecular formula is C17H10F2N2O2. The van der Waals surface area contributed by atoms with Gasteiger partial charge in [-0.25, -0.2) is 13.6 Å². The van der Waals surface area contributed by atoms with Crippen molar-refractivity contribution in [3.63, 3.8) is 0 Å². The second-order valence-electron chi connectivity index (χ2n) is 4.81. The maximum Gasteiger partial charge on any atom is 0.344 e. The average Bonchev–Trinajstić information content (AvgIpc) is 2.90. The second-order valence-corrected chi connectivity index (χ2v) is 4.81. The van der Waals surface area contributed by atoms with Crippen molar-refractivity contribution in [3.05, 3.63) is 77.1 Å². The molecule has 1 aromatic carbocycles. The zero-order chi connectivity index (χ0) is 16.4. The summed E-state index contributed by atoms with van der Waals surface area (Å²) in [4.78, 5) is 11.9. The number of ether oxygens (including phenoxy) is 1. The van der Waals surface area contributed by atoms with Gasteiger partial charge in [-0.2, -0.15) is 5.26 Å². The van der Waals surface area contributed by atoms with Gasteiger partial charge in [0.2, 0.25) is 0 Å². The molecule has 6 heteroatoms. The predicted octanol–water partition coefficient (Wildman–Crippen LogP) is 3.45. The Morgan fingerprint density at radius 1 is 1.17 bits per heavy atom. The van der Waals surface area contributed by atoms with Crippen LogP contribution in [0.25, 0.3) is 5.52 Å². The van der Waals surface area contributed by atoms with Crippen LogP contribution in [0.15, 0.2) is 48.8 Å². The summed E-state index contributed by atoms with van der Waals surface area (Å²) in [5, 5.41) is 9.25. The molecule has 3 aromatic rings. The largest absolute Gasteiger partial charge is 0.457 e. The minimum atomic E-state index is -1.11. The first-order chi connectivity index (χ1) is 11.1. The van der Waals surface area contributed by atoms with Crippen LogP contribution in [0, 0.1) is 23.0 Å². The summed E-state index contributed by atoms with van der Waals surface area (Å²) >= 11 is 0. The van der Waals surface area contributed by atoms with Crippen LogP contribution in [-0.4, -0.2) is 10.4 Å². The Morgan fingerprint density at radius 2 is 1.91 bits per heavy atom. The molecule has 23 heavy (non-hydrogen) atoms. The Bertz CT molecular complexity index is 921. The average molecular weight is 312 g/mol. The maximum atomic E-state index is 13.5. The molecule has 0 radical (unpaired) electrons. The van der Waals surface area contributed by atoms with Gasteiger partial charge in [0, 0.05) is 18.0 Å². The van der Waals surface area contributed by atoms with Crippen molar-refractivity contribution in [1.29, 1.82) is 5.26 Å². The molecule has 2 aromatic heterocycles. The van der Waals surface area contributed by atoms with Gasteiger partial charge in [0.15, 0.2) is 0 Å². The lowest BCUT2D eigenvalue weighted by molar-refractivity contribution is 0.0461. The molecule has 0 saturated heterocycles. The van der Waals surface area contributed by atoms with Gasteiger partial charge in [0.1, 0.15) is 29.9 Å². The summed E-state index contributed by atoms with van der Waals surface area (Å²) in [6.45, 7) is -0.253. The van der Waals surface area contributed by atoms with Crippen LogP contribution in [-0.2, 0) is 11.3 Å². The molecule has 0 aliphatic heterocycles. The summed E-state index contributed by atoms with van der Waals surface area (Å²) in [6, 6.07) is 10.5. The molecule has 4 nitrogen and oxygen atoms in total. The van der Waals surface area contributed by atoms with Crippen molar-refractivity contribution in [2.45, 2.75) is 6.61 Å². The number of hydrogen-bond donors (Lipinski definition) is 0. The lowest BCUT2D eigenvalue weighted by Crippen LogP contribution is -2.10. The first-order valence-corrected chi connectivity index (χ1v) is 6.71. The molecule has 0 saturated carbocycles. The topological polar surface area (TPSA) is 54.5 Å². The molecule has 0 atom stereocenters. The van der Waals surface area contributed by atoms with Crippen LogP contribution >= 0.6 is 0 Å². The van der Waals surface area contributed by atoms with Gasteiger partial charge in [-0.3, -0.25) is 0 Å². The Hall–Kier alpha value is -3.20. The standard InChI is InChI=1S/C17H10F2N2O2/c18-13-4-3-5-14(19)16(13)17(22)23-10-11-9-21-7-2-1-6-15(21)12(11)8-20/h1-7,9H,10H2. The van der Waals surface area contributed by atoms with Crippen molar-refractivity contribution < 1.29 is 18.3 Å². The lowest BCUT2D eigenvalue weighted by atomic mass is 10.2. The SMILES string of the molecule is N#Cc1c(COC(=O)c2c(F)cccc2F)cn2ccccc12. The molecule has 0 unspecified atom stereocenters. The first-order valence-electron chi connectivity index (χ1n) is 6.71. The van der Waals surface area contributed by atoms with Crippen LogP contribution in [0.2, 0.25) is 0 Å². The van der Waals surface area contributed by atoms with Crippen molar-refractivity contribution in [2.75, 3.05) is 0 Å². The minimum Gasteiger partial charge on any atom is -0.457 e. The van der Waals surface area contributed by atoms with Crippen molar-refractivity contribution in [3.8, 4) is 6.07 Å². The highest BCUT2D eigenvalue weighted by molar-refractivity contribution is 5.90. The molecule has 0 spiro atoms. The maximum absolute atomic E-state index is 13.5. The van der Waals surface area contributed by atoms with Crippen LogP contribution in [0.4, 0.5) is 8.78 Å². The van der Waals surface area contributed by atoms with E-state index in [-0.39, 0.29) is 6.61 Å². The fourth-order valence-corrected chi connectivity index (χ4v) is 2.32.